The second-order valence-electron chi connectivity index (χ2n) is 4.86. The number of amides is 1. The van der Waals surface area contributed by atoms with Crippen molar-refractivity contribution in [1.29, 1.82) is 0 Å². The normalized spacial score (nSPS) is 14.2. The van der Waals surface area contributed by atoms with E-state index >= 15 is 0 Å². The van der Waals surface area contributed by atoms with E-state index in [1.165, 1.54) is 0 Å². The standard InChI is InChI=1S/C15H16N2O3S/c1-3-16-21(19,20)13-9-8-12-14-10(13)6-5-7-11(14)15(18)17(12)4-2/h5-9,16H,3-4H2,1-2H3. The van der Waals surface area contributed by atoms with Crippen molar-refractivity contribution in [3.8, 4) is 0 Å². The summed E-state index contributed by atoms with van der Waals surface area (Å²) in [4.78, 5) is 14.2. The molecule has 0 aromatic heterocycles. The Morgan fingerprint density at radius 2 is 1.90 bits per heavy atom. The maximum Gasteiger partial charge on any atom is 0.258 e. The average molecular weight is 304 g/mol. The number of hydrogen-bond acceptors (Lipinski definition) is 3. The lowest BCUT2D eigenvalue weighted by atomic mass is 10.1. The van der Waals surface area contributed by atoms with E-state index in [4.69, 9.17) is 0 Å². The lowest BCUT2D eigenvalue weighted by molar-refractivity contribution is 0.0994. The van der Waals surface area contributed by atoms with Gasteiger partial charge in [-0.3, -0.25) is 4.79 Å². The molecule has 1 amide bonds. The molecule has 2 aromatic carbocycles. The summed E-state index contributed by atoms with van der Waals surface area (Å²) in [6, 6.07) is 8.50. The molecule has 2 aromatic rings. The summed E-state index contributed by atoms with van der Waals surface area (Å²) in [6.07, 6.45) is 0. The SMILES string of the molecule is CCNS(=O)(=O)c1ccc2c3c(cccc13)C(=O)N2CC. The molecule has 0 atom stereocenters. The summed E-state index contributed by atoms with van der Waals surface area (Å²) in [5.74, 6) is -0.0731. The molecular formula is C15H16N2O3S. The first-order valence-electron chi connectivity index (χ1n) is 6.88. The first kappa shape index (κ1) is 14.0. The number of benzene rings is 2. The molecule has 0 radical (unpaired) electrons. The van der Waals surface area contributed by atoms with E-state index < -0.39 is 10.0 Å². The van der Waals surface area contributed by atoms with E-state index in [0.717, 1.165) is 11.1 Å². The molecule has 1 N–H and O–H groups in total. The molecule has 0 fully saturated rings. The van der Waals surface area contributed by atoms with E-state index in [9.17, 15) is 13.2 Å². The molecule has 1 heterocycles. The van der Waals surface area contributed by atoms with Gasteiger partial charge in [0.2, 0.25) is 10.0 Å². The molecule has 3 rings (SSSR count). The summed E-state index contributed by atoms with van der Waals surface area (Å²) in [5.41, 5.74) is 1.35. The number of carbonyl (C=O) groups is 1. The second-order valence-corrected chi connectivity index (χ2v) is 6.60. The molecule has 0 spiro atoms. The number of nitrogens with zero attached hydrogens (tertiary/aromatic N) is 1. The highest BCUT2D eigenvalue weighted by atomic mass is 32.2. The third kappa shape index (κ3) is 1.94. The summed E-state index contributed by atoms with van der Waals surface area (Å²) in [5, 5.41) is 1.32. The van der Waals surface area contributed by atoms with Crippen LogP contribution in [0, 0.1) is 0 Å². The summed E-state index contributed by atoms with van der Waals surface area (Å²) in [7, 11) is -3.56. The van der Waals surface area contributed by atoms with Crippen LogP contribution in [0.1, 0.15) is 24.2 Å². The van der Waals surface area contributed by atoms with Gasteiger partial charge in [-0.05, 0) is 25.1 Å². The predicted molar refractivity (Wildman–Crippen MR) is 82.2 cm³/mol. The van der Waals surface area contributed by atoms with Gasteiger partial charge in [0.1, 0.15) is 0 Å². The van der Waals surface area contributed by atoms with Crippen molar-refractivity contribution in [2.75, 3.05) is 18.0 Å². The van der Waals surface area contributed by atoms with Crippen LogP contribution in [0.15, 0.2) is 35.2 Å². The Morgan fingerprint density at radius 1 is 1.14 bits per heavy atom. The van der Waals surface area contributed by atoms with Crippen molar-refractivity contribution in [2.24, 2.45) is 0 Å². The molecule has 110 valence electrons. The van der Waals surface area contributed by atoms with E-state index in [1.807, 2.05) is 6.92 Å². The maximum atomic E-state index is 12.4. The minimum absolute atomic E-state index is 0.0731. The lowest BCUT2D eigenvalue weighted by Gasteiger charge is -2.15. The highest BCUT2D eigenvalue weighted by Gasteiger charge is 2.31. The van der Waals surface area contributed by atoms with Gasteiger partial charge in [0.05, 0.1) is 10.6 Å². The zero-order valence-electron chi connectivity index (χ0n) is 11.9. The zero-order valence-corrected chi connectivity index (χ0v) is 12.7. The van der Waals surface area contributed by atoms with Gasteiger partial charge in [-0.15, -0.1) is 0 Å². The van der Waals surface area contributed by atoms with E-state index in [2.05, 4.69) is 4.72 Å². The number of rotatable bonds is 4. The molecule has 1 aliphatic heterocycles. The van der Waals surface area contributed by atoms with Crippen molar-refractivity contribution in [3.63, 3.8) is 0 Å². The van der Waals surface area contributed by atoms with Crippen LogP contribution in [0.25, 0.3) is 10.8 Å². The Bertz CT molecular complexity index is 843. The molecular weight excluding hydrogens is 288 g/mol. The van der Waals surface area contributed by atoms with E-state index in [0.29, 0.717) is 24.0 Å². The quantitative estimate of drug-likeness (QED) is 0.941. The van der Waals surface area contributed by atoms with Crippen LogP contribution in [-0.4, -0.2) is 27.4 Å². The van der Waals surface area contributed by atoms with Crippen LogP contribution in [0.4, 0.5) is 5.69 Å². The number of nitrogens with one attached hydrogen (secondary N) is 1. The smallest absolute Gasteiger partial charge is 0.258 e. The zero-order chi connectivity index (χ0) is 15.2. The van der Waals surface area contributed by atoms with Crippen molar-refractivity contribution < 1.29 is 13.2 Å². The predicted octanol–water partition coefficient (Wildman–Crippen LogP) is 2.12. The van der Waals surface area contributed by atoms with Gasteiger partial charge in [-0.2, -0.15) is 0 Å². The average Bonchev–Trinajstić information content (AvgIpc) is 2.73. The molecule has 0 aliphatic carbocycles. The van der Waals surface area contributed by atoms with Crippen molar-refractivity contribution in [2.45, 2.75) is 18.7 Å². The fourth-order valence-electron chi connectivity index (χ4n) is 2.84. The van der Waals surface area contributed by atoms with Gasteiger partial charge >= 0.3 is 0 Å². The third-order valence-corrected chi connectivity index (χ3v) is 5.29. The summed E-state index contributed by atoms with van der Waals surface area (Å²) in [6.45, 7) is 4.52. The monoisotopic (exact) mass is 304 g/mol. The minimum Gasteiger partial charge on any atom is -0.308 e. The van der Waals surface area contributed by atoms with Crippen LogP contribution < -0.4 is 9.62 Å². The molecule has 1 aliphatic rings. The fourth-order valence-corrected chi connectivity index (χ4v) is 4.08. The second kappa shape index (κ2) is 4.82. The first-order valence-corrected chi connectivity index (χ1v) is 8.36. The van der Waals surface area contributed by atoms with Crippen molar-refractivity contribution in [3.05, 3.63) is 35.9 Å². The molecule has 0 unspecified atom stereocenters. The van der Waals surface area contributed by atoms with Gasteiger partial charge < -0.3 is 4.90 Å². The number of anilines is 1. The topological polar surface area (TPSA) is 66.5 Å². The highest BCUT2D eigenvalue weighted by molar-refractivity contribution is 7.89. The summed E-state index contributed by atoms with van der Waals surface area (Å²) >= 11 is 0. The Labute approximate surface area is 123 Å². The largest absolute Gasteiger partial charge is 0.308 e. The summed E-state index contributed by atoms with van der Waals surface area (Å²) < 4.78 is 27.1. The molecule has 0 bridgehead atoms. The number of carbonyl (C=O) groups excluding carboxylic acids is 1. The third-order valence-electron chi connectivity index (χ3n) is 3.69. The Hall–Kier alpha value is -1.92. The van der Waals surface area contributed by atoms with Crippen LogP contribution in [-0.2, 0) is 10.0 Å². The molecule has 0 saturated carbocycles. The Morgan fingerprint density at radius 3 is 2.57 bits per heavy atom. The first-order chi connectivity index (χ1) is 10.0. The number of sulfonamides is 1. The Balaban J connectivity index is 2.36. The van der Waals surface area contributed by atoms with E-state index in [-0.39, 0.29) is 10.8 Å². The lowest BCUT2D eigenvalue weighted by Crippen LogP contribution is -2.26. The van der Waals surface area contributed by atoms with Crippen LogP contribution in [0.3, 0.4) is 0 Å². The van der Waals surface area contributed by atoms with Crippen LogP contribution in [0.2, 0.25) is 0 Å². The van der Waals surface area contributed by atoms with Gasteiger partial charge in [-0.1, -0.05) is 19.1 Å². The van der Waals surface area contributed by atoms with Crippen LogP contribution in [0.5, 0.6) is 0 Å². The van der Waals surface area contributed by atoms with Gasteiger partial charge in [0.15, 0.2) is 0 Å². The Kier molecular flexibility index (Phi) is 3.22. The van der Waals surface area contributed by atoms with E-state index in [1.54, 1.807) is 42.2 Å². The fraction of sp³-hybridized carbons (Fsp3) is 0.267. The highest BCUT2D eigenvalue weighted by Crippen LogP contribution is 2.39. The van der Waals surface area contributed by atoms with Gasteiger partial charge in [0.25, 0.3) is 5.91 Å². The maximum absolute atomic E-state index is 12.4. The van der Waals surface area contributed by atoms with Crippen molar-refractivity contribution in [1.82, 2.24) is 4.72 Å². The van der Waals surface area contributed by atoms with Crippen LogP contribution >= 0.6 is 0 Å². The minimum atomic E-state index is -3.56. The molecule has 0 saturated heterocycles. The molecule has 21 heavy (non-hydrogen) atoms. The molecule has 6 heteroatoms. The molecule has 5 nitrogen and oxygen atoms in total. The van der Waals surface area contributed by atoms with Gasteiger partial charge in [-0.25, -0.2) is 13.1 Å². The van der Waals surface area contributed by atoms with Crippen molar-refractivity contribution >= 4 is 32.4 Å². The van der Waals surface area contributed by atoms with Gasteiger partial charge in [0, 0.05) is 29.4 Å². The number of hydrogen-bond donors (Lipinski definition) is 1.